The smallest absolute Gasteiger partial charge is 0.267 e. The fourth-order valence-electron chi connectivity index (χ4n) is 2.88. The summed E-state index contributed by atoms with van der Waals surface area (Å²) in [7, 11) is 4.01. The number of aryl methyl sites for hydroxylation is 2. The standard InChI is InChI=1S/C18H23N3O2S/c1-11-18(22)21(9-8-20(4)5)15-10-14(6-7-16(15)23-11)17-12(2)24-13(3)19-17/h6-7,10-11H,8-9H2,1-5H3. The monoisotopic (exact) mass is 345 g/mol. The van der Waals surface area contributed by atoms with E-state index >= 15 is 0 Å². The third-order valence-electron chi connectivity index (χ3n) is 4.12. The first-order valence-corrected chi connectivity index (χ1v) is 8.89. The maximum atomic E-state index is 12.6. The van der Waals surface area contributed by atoms with Crippen LogP contribution in [0.25, 0.3) is 11.3 Å². The van der Waals surface area contributed by atoms with Crippen molar-refractivity contribution in [1.29, 1.82) is 0 Å². The van der Waals surface area contributed by atoms with Crippen molar-refractivity contribution >= 4 is 22.9 Å². The molecule has 0 N–H and O–H groups in total. The zero-order valence-electron chi connectivity index (χ0n) is 14.8. The maximum absolute atomic E-state index is 12.6. The van der Waals surface area contributed by atoms with Crippen LogP contribution in [0, 0.1) is 13.8 Å². The van der Waals surface area contributed by atoms with Gasteiger partial charge in [-0.25, -0.2) is 4.98 Å². The number of amides is 1. The largest absolute Gasteiger partial charge is 0.479 e. The Bertz CT molecular complexity index is 770. The molecule has 0 spiro atoms. The van der Waals surface area contributed by atoms with Gasteiger partial charge in [-0.05, 0) is 53.1 Å². The average molecular weight is 345 g/mol. The highest BCUT2D eigenvalue weighted by Gasteiger charge is 2.31. The van der Waals surface area contributed by atoms with Crippen LogP contribution in [0.2, 0.25) is 0 Å². The molecule has 5 nitrogen and oxygen atoms in total. The van der Waals surface area contributed by atoms with E-state index in [1.807, 2.05) is 44.1 Å². The Morgan fingerprint density at radius 1 is 1.33 bits per heavy atom. The van der Waals surface area contributed by atoms with Gasteiger partial charge in [0.1, 0.15) is 5.75 Å². The first kappa shape index (κ1) is 16.9. The zero-order chi connectivity index (χ0) is 17.4. The second-order valence-electron chi connectivity index (χ2n) is 6.37. The predicted octanol–water partition coefficient (Wildman–Crippen LogP) is 3.10. The van der Waals surface area contributed by atoms with Gasteiger partial charge in [-0.1, -0.05) is 0 Å². The number of thiazole rings is 1. The summed E-state index contributed by atoms with van der Waals surface area (Å²) in [6.07, 6.45) is -0.450. The Labute approximate surface area is 146 Å². The molecular weight excluding hydrogens is 322 g/mol. The molecule has 1 aliphatic heterocycles. The van der Waals surface area contributed by atoms with E-state index in [0.717, 1.165) is 34.2 Å². The lowest BCUT2D eigenvalue weighted by molar-refractivity contribution is -0.125. The number of nitrogens with zero attached hydrogens (tertiary/aromatic N) is 3. The van der Waals surface area contributed by atoms with Gasteiger partial charge in [-0.2, -0.15) is 0 Å². The fraction of sp³-hybridized carbons (Fsp3) is 0.444. The summed E-state index contributed by atoms with van der Waals surface area (Å²) in [6, 6.07) is 5.99. The molecule has 1 atom stereocenters. The molecule has 1 unspecified atom stereocenters. The van der Waals surface area contributed by atoms with Gasteiger partial charge in [0.25, 0.3) is 5.91 Å². The minimum Gasteiger partial charge on any atom is -0.479 e. The van der Waals surface area contributed by atoms with Crippen LogP contribution in [0.3, 0.4) is 0 Å². The lowest BCUT2D eigenvalue weighted by Gasteiger charge is -2.34. The minimum atomic E-state index is -0.450. The maximum Gasteiger partial charge on any atom is 0.267 e. The molecule has 1 aromatic heterocycles. The van der Waals surface area contributed by atoms with Gasteiger partial charge in [0.15, 0.2) is 6.10 Å². The Balaban J connectivity index is 2.02. The van der Waals surface area contributed by atoms with Gasteiger partial charge in [-0.15, -0.1) is 11.3 Å². The molecule has 0 fully saturated rings. The molecule has 2 aromatic rings. The molecule has 24 heavy (non-hydrogen) atoms. The van der Waals surface area contributed by atoms with Gasteiger partial charge in [-0.3, -0.25) is 4.79 Å². The normalized spacial score (nSPS) is 17.2. The Morgan fingerprint density at radius 2 is 2.08 bits per heavy atom. The number of anilines is 1. The molecule has 0 saturated carbocycles. The van der Waals surface area contributed by atoms with Crippen LogP contribution in [-0.4, -0.2) is 49.1 Å². The molecule has 0 radical (unpaired) electrons. The zero-order valence-corrected chi connectivity index (χ0v) is 15.6. The van der Waals surface area contributed by atoms with Gasteiger partial charge >= 0.3 is 0 Å². The number of rotatable bonds is 4. The van der Waals surface area contributed by atoms with E-state index in [-0.39, 0.29) is 5.91 Å². The molecule has 6 heteroatoms. The molecule has 1 aromatic carbocycles. The van der Waals surface area contributed by atoms with Crippen molar-refractivity contribution in [3.05, 3.63) is 28.1 Å². The molecule has 0 saturated heterocycles. The van der Waals surface area contributed by atoms with Crippen molar-refractivity contribution < 1.29 is 9.53 Å². The summed E-state index contributed by atoms with van der Waals surface area (Å²) >= 11 is 1.69. The van der Waals surface area contributed by atoms with E-state index in [4.69, 9.17) is 4.74 Å². The van der Waals surface area contributed by atoms with Crippen molar-refractivity contribution in [2.24, 2.45) is 0 Å². The third kappa shape index (κ3) is 3.16. The van der Waals surface area contributed by atoms with Crippen LogP contribution in [0.4, 0.5) is 5.69 Å². The molecule has 3 rings (SSSR count). The molecule has 0 aliphatic carbocycles. The molecule has 2 heterocycles. The van der Waals surface area contributed by atoms with E-state index in [0.29, 0.717) is 6.54 Å². The number of carbonyl (C=O) groups is 1. The van der Waals surface area contributed by atoms with Crippen molar-refractivity contribution in [2.75, 3.05) is 32.1 Å². The molecule has 128 valence electrons. The first-order valence-electron chi connectivity index (χ1n) is 8.08. The highest BCUT2D eigenvalue weighted by molar-refractivity contribution is 7.11. The van der Waals surface area contributed by atoms with Crippen LogP contribution in [0.5, 0.6) is 5.75 Å². The third-order valence-corrected chi connectivity index (χ3v) is 5.00. The SMILES string of the molecule is Cc1nc(-c2ccc3c(c2)N(CCN(C)C)C(=O)C(C)O3)c(C)s1. The van der Waals surface area contributed by atoms with Crippen LogP contribution in [0.15, 0.2) is 18.2 Å². The number of aromatic nitrogens is 1. The quantitative estimate of drug-likeness (QED) is 0.854. The first-order chi connectivity index (χ1) is 11.4. The number of hydrogen-bond donors (Lipinski definition) is 0. The van der Waals surface area contributed by atoms with E-state index < -0.39 is 6.10 Å². The van der Waals surface area contributed by atoms with E-state index in [9.17, 15) is 4.79 Å². The van der Waals surface area contributed by atoms with Crippen molar-refractivity contribution in [3.8, 4) is 17.0 Å². The Kier molecular flexibility index (Phi) is 4.60. The average Bonchev–Trinajstić information content (AvgIpc) is 2.86. The lowest BCUT2D eigenvalue weighted by Crippen LogP contribution is -2.46. The fourth-order valence-corrected chi connectivity index (χ4v) is 3.72. The van der Waals surface area contributed by atoms with Crippen molar-refractivity contribution in [3.63, 3.8) is 0 Å². The lowest BCUT2D eigenvalue weighted by atomic mass is 10.1. The number of hydrogen-bond acceptors (Lipinski definition) is 5. The number of likely N-dealkylation sites (N-methyl/N-ethyl adjacent to an activating group) is 1. The van der Waals surface area contributed by atoms with Gasteiger partial charge in [0.2, 0.25) is 0 Å². The van der Waals surface area contributed by atoms with Gasteiger partial charge < -0.3 is 14.5 Å². The van der Waals surface area contributed by atoms with Crippen molar-refractivity contribution in [2.45, 2.75) is 26.9 Å². The number of carbonyl (C=O) groups excluding carboxylic acids is 1. The van der Waals surface area contributed by atoms with E-state index in [1.165, 1.54) is 4.88 Å². The molecular formula is C18H23N3O2S. The van der Waals surface area contributed by atoms with Crippen molar-refractivity contribution in [1.82, 2.24) is 9.88 Å². The van der Waals surface area contributed by atoms with Crippen LogP contribution in [-0.2, 0) is 4.79 Å². The summed E-state index contributed by atoms with van der Waals surface area (Å²) in [5.74, 6) is 0.766. The van der Waals surface area contributed by atoms with E-state index in [1.54, 1.807) is 18.3 Å². The predicted molar refractivity (Wildman–Crippen MR) is 98.0 cm³/mol. The van der Waals surface area contributed by atoms with E-state index in [2.05, 4.69) is 16.8 Å². The minimum absolute atomic E-state index is 0.00711. The topological polar surface area (TPSA) is 45.7 Å². The van der Waals surface area contributed by atoms with Crippen LogP contribution < -0.4 is 9.64 Å². The summed E-state index contributed by atoms with van der Waals surface area (Å²) in [4.78, 5) is 22.3. The van der Waals surface area contributed by atoms with Gasteiger partial charge in [0.05, 0.1) is 16.4 Å². The van der Waals surface area contributed by atoms with Gasteiger partial charge in [0, 0.05) is 23.5 Å². The summed E-state index contributed by atoms with van der Waals surface area (Å²) < 4.78 is 5.78. The number of benzene rings is 1. The highest BCUT2D eigenvalue weighted by Crippen LogP contribution is 2.38. The molecule has 1 aliphatic rings. The Morgan fingerprint density at radius 3 is 2.71 bits per heavy atom. The summed E-state index contributed by atoms with van der Waals surface area (Å²) in [5.41, 5.74) is 2.85. The summed E-state index contributed by atoms with van der Waals surface area (Å²) in [5, 5.41) is 1.05. The summed E-state index contributed by atoms with van der Waals surface area (Å²) in [6.45, 7) is 7.34. The molecule has 0 bridgehead atoms. The highest BCUT2D eigenvalue weighted by atomic mass is 32.1. The second-order valence-corrected chi connectivity index (χ2v) is 7.78. The Hall–Kier alpha value is -1.92. The second kappa shape index (κ2) is 6.53. The van der Waals surface area contributed by atoms with Crippen LogP contribution in [0.1, 0.15) is 16.8 Å². The number of fused-ring (bicyclic) bond motifs is 1. The number of ether oxygens (including phenoxy) is 1. The van der Waals surface area contributed by atoms with Crippen LogP contribution >= 0.6 is 11.3 Å². The molecule has 1 amide bonds.